The van der Waals surface area contributed by atoms with Crippen LogP contribution in [-0.4, -0.2) is 23.9 Å². The number of rotatable bonds is 5. The van der Waals surface area contributed by atoms with Gasteiger partial charge in [-0.3, -0.25) is 4.79 Å². The third kappa shape index (κ3) is 3.61. The first-order valence-corrected chi connectivity index (χ1v) is 5.74. The van der Waals surface area contributed by atoms with Gasteiger partial charge in [0.15, 0.2) is 0 Å². The van der Waals surface area contributed by atoms with Crippen molar-refractivity contribution in [1.29, 1.82) is 0 Å². The summed E-state index contributed by atoms with van der Waals surface area (Å²) in [7, 11) is 0. The number of nitrogens with zero attached hydrogens (tertiary/aromatic N) is 1. The molecule has 0 atom stereocenters. The van der Waals surface area contributed by atoms with Gasteiger partial charge in [0.05, 0.1) is 6.54 Å². The summed E-state index contributed by atoms with van der Waals surface area (Å²) < 4.78 is 0. The lowest BCUT2D eigenvalue weighted by molar-refractivity contribution is 0.0777. The molecule has 3 heteroatoms. The van der Waals surface area contributed by atoms with Crippen molar-refractivity contribution in [2.75, 3.05) is 13.1 Å². The lowest BCUT2D eigenvalue weighted by Crippen LogP contribution is -2.32. The predicted molar refractivity (Wildman–Crippen MR) is 69.4 cm³/mol. The Balaban J connectivity index is 2.81. The van der Waals surface area contributed by atoms with Gasteiger partial charge in [0.25, 0.3) is 5.91 Å². The highest BCUT2D eigenvalue weighted by atomic mass is 16.2. The molecule has 1 rings (SSSR count). The SMILES string of the molecule is C#CCN(CCC)C(=O)c1ccc(CN)cc1. The van der Waals surface area contributed by atoms with Crippen LogP contribution in [0.15, 0.2) is 24.3 Å². The van der Waals surface area contributed by atoms with Crippen molar-refractivity contribution >= 4 is 5.91 Å². The Morgan fingerprint density at radius 3 is 2.53 bits per heavy atom. The summed E-state index contributed by atoms with van der Waals surface area (Å²) >= 11 is 0. The van der Waals surface area contributed by atoms with Gasteiger partial charge in [0.2, 0.25) is 0 Å². The van der Waals surface area contributed by atoms with E-state index < -0.39 is 0 Å². The molecule has 0 heterocycles. The monoisotopic (exact) mass is 230 g/mol. The zero-order valence-corrected chi connectivity index (χ0v) is 10.1. The number of carbonyl (C=O) groups excluding carboxylic acids is 1. The number of hydrogen-bond donors (Lipinski definition) is 1. The number of carbonyl (C=O) groups is 1. The van der Waals surface area contributed by atoms with E-state index in [4.69, 9.17) is 12.2 Å². The van der Waals surface area contributed by atoms with Crippen LogP contribution in [0.25, 0.3) is 0 Å². The molecule has 1 amide bonds. The van der Waals surface area contributed by atoms with Crippen LogP contribution >= 0.6 is 0 Å². The maximum atomic E-state index is 12.1. The molecule has 1 aromatic carbocycles. The van der Waals surface area contributed by atoms with Crippen LogP contribution < -0.4 is 5.73 Å². The van der Waals surface area contributed by atoms with Gasteiger partial charge in [-0.25, -0.2) is 0 Å². The second kappa shape index (κ2) is 6.72. The van der Waals surface area contributed by atoms with Gasteiger partial charge in [0, 0.05) is 18.7 Å². The van der Waals surface area contributed by atoms with E-state index in [0.29, 0.717) is 25.2 Å². The maximum absolute atomic E-state index is 12.1. The van der Waals surface area contributed by atoms with E-state index >= 15 is 0 Å². The minimum absolute atomic E-state index is 0.0200. The zero-order chi connectivity index (χ0) is 12.7. The van der Waals surface area contributed by atoms with Gasteiger partial charge >= 0.3 is 0 Å². The molecule has 2 N–H and O–H groups in total. The summed E-state index contributed by atoms with van der Waals surface area (Å²) in [6.45, 7) is 3.54. The zero-order valence-electron chi connectivity index (χ0n) is 10.1. The molecule has 0 saturated carbocycles. The van der Waals surface area contributed by atoms with Crippen LogP contribution in [0, 0.1) is 12.3 Å². The predicted octanol–water partition coefficient (Wildman–Crippen LogP) is 1.63. The quantitative estimate of drug-likeness (QED) is 0.781. The molecule has 0 aliphatic heterocycles. The molecule has 0 radical (unpaired) electrons. The lowest BCUT2D eigenvalue weighted by atomic mass is 10.1. The van der Waals surface area contributed by atoms with Crippen LogP contribution in [0.3, 0.4) is 0 Å². The van der Waals surface area contributed by atoms with E-state index in [9.17, 15) is 4.79 Å². The number of nitrogens with two attached hydrogens (primary N) is 1. The Bertz CT molecular complexity index is 403. The summed E-state index contributed by atoms with van der Waals surface area (Å²) in [6.07, 6.45) is 6.16. The van der Waals surface area contributed by atoms with Gasteiger partial charge in [-0.15, -0.1) is 6.42 Å². The minimum atomic E-state index is -0.0200. The van der Waals surface area contributed by atoms with Crippen molar-refractivity contribution in [3.8, 4) is 12.3 Å². The van der Waals surface area contributed by atoms with Gasteiger partial charge < -0.3 is 10.6 Å². The highest BCUT2D eigenvalue weighted by Crippen LogP contribution is 2.08. The first-order chi connectivity index (χ1) is 8.22. The van der Waals surface area contributed by atoms with Crippen LogP contribution in [0.1, 0.15) is 29.3 Å². The molecule has 0 aliphatic carbocycles. The Labute approximate surface area is 103 Å². The number of hydrogen-bond acceptors (Lipinski definition) is 2. The molecular formula is C14H18N2O. The molecule has 0 bridgehead atoms. The Morgan fingerprint density at radius 2 is 2.06 bits per heavy atom. The van der Waals surface area contributed by atoms with Crippen molar-refractivity contribution in [3.05, 3.63) is 35.4 Å². The average molecular weight is 230 g/mol. The van der Waals surface area contributed by atoms with Crippen LogP contribution in [0.5, 0.6) is 0 Å². The third-order valence-corrected chi connectivity index (χ3v) is 2.50. The second-order valence-corrected chi connectivity index (χ2v) is 3.83. The van der Waals surface area contributed by atoms with E-state index in [-0.39, 0.29) is 5.91 Å². The standard InChI is InChI=1S/C14H18N2O/c1-3-9-16(10-4-2)14(17)13-7-5-12(11-15)6-8-13/h1,5-8H,4,9-11,15H2,2H3. The van der Waals surface area contributed by atoms with Gasteiger partial charge in [-0.1, -0.05) is 25.0 Å². The van der Waals surface area contributed by atoms with Crippen LogP contribution in [-0.2, 0) is 6.54 Å². The third-order valence-electron chi connectivity index (χ3n) is 2.50. The molecule has 17 heavy (non-hydrogen) atoms. The number of terminal acetylenes is 1. The smallest absolute Gasteiger partial charge is 0.254 e. The van der Waals surface area contributed by atoms with Crippen molar-refractivity contribution in [2.24, 2.45) is 5.73 Å². The molecule has 3 nitrogen and oxygen atoms in total. The van der Waals surface area contributed by atoms with E-state index in [0.717, 1.165) is 12.0 Å². The van der Waals surface area contributed by atoms with E-state index in [1.807, 2.05) is 19.1 Å². The Hall–Kier alpha value is -1.79. The fourth-order valence-electron chi connectivity index (χ4n) is 1.60. The van der Waals surface area contributed by atoms with Crippen molar-refractivity contribution in [2.45, 2.75) is 19.9 Å². The maximum Gasteiger partial charge on any atom is 0.254 e. The molecule has 0 aromatic heterocycles. The van der Waals surface area contributed by atoms with Crippen molar-refractivity contribution in [3.63, 3.8) is 0 Å². The summed E-state index contributed by atoms with van der Waals surface area (Å²) in [5, 5.41) is 0. The molecule has 90 valence electrons. The highest BCUT2D eigenvalue weighted by Gasteiger charge is 2.13. The van der Waals surface area contributed by atoms with Crippen LogP contribution in [0.2, 0.25) is 0 Å². The largest absolute Gasteiger partial charge is 0.328 e. The molecule has 0 saturated heterocycles. The first kappa shape index (κ1) is 13.3. The van der Waals surface area contributed by atoms with Crippen molar-refractivity contribution in [1.82, 2.24) is 4.90 Å². The summed E-state index contributed by atoms with van der Waals surface area (Å²) in [5.41, 5.74) is 7.18. The van der Waals surface area contributed by atoms with Crippen molar-refractivity contribution < 1.29 is 4.79 Å². The molecule has 0 spiro atoms. The molecule has 0 unspecified atom stereocenters. The fourth-order valence-corrected chi connectivity index (χ4v) is 1.60. The Morgan fingerprint density at radius 1 is 1.41 bits per heavy atom. The fraction of sp³-hybridized carbons (Fsp3) is 0.357. The highest BCUT2D eigenvalue weighted by molar-refractivity contribution is 5.94. The van der Waals surface area contributed by atoms with E-state index in [1.165, 1.54) is 0 Å². The van der Waals surface area contributed by atoms with E-state index in [2.05, 4.69) is 5.92 Å². The molecule has 0 fully saturated rings. The van der Waals surface area contributed by atoms with Crippen LogP contribution in [0.4, 0.5) is 0 Å². The molecular weight excluding hydrogens is 212 g/mol. The summed E-state index contributed by atoms with van der Waals surface area (Å²) in [6, 6.07) is 7.33. The first-order valence-electron chi connectivity index (χ1n) is 5.74. The minimum Gasteiger partial charge on any atom is -0.328 e. The second-order valence-electron chi connectivity index (χ2n) is 3.83. The molecule has 0 aliphatic rings. The van der Waals surface area contributed by atoms with E-state index in [1.54, 1.807) is 17.0 Å². The summed E-state index contributed by atoms with van der Waals surface area (Å²) in [4.78, 5) is 13.8. The lowest BCUT2D eigenvalue weighted by Gasteiger charge is -2.19. The topological polar surface area (TPSA) is 46.3 Å². The number of amides is 1. The molecule has 1 aromatic rings. The Kier molecular flexibility index (Phi) is 5.25. The normalized spacial score (nSPS) is 9.71. The van der Waals surface area contributed by atoms with Gasteiger partial charge in [0.1, 0.15) is 0 Å². The summed E-state index contributed by atoms with van der Waals surface area (Å²) in [5.74, 6) is 2.49. The van der Waals surface area contributed by atoms with Gasteiger partial charge in [-0.05, 0) is 24.1 Å². The number of benzene rings is 1. The van der Waals surface area contributed by atoms with Gasteiger partial charge in [-0.2, -0.15) is 0 Å². The average Bonchev–Trinajstić information content (AvgIpc) is 2.38.